The molecule has 37 heavy (non-hydrogen) atoms. The molecule has 1 saturated heterocycles. The topological polar surface area (TPSA) is 179 Å². The highest BCUT2D eigenvalue weighted by atomic mass is 16.7. The van der Waals surface area contributed by atoms with Crippen molar-refractivity contribution in [2.75, 3.05) is 34.0 Å². The van der Waals surface area contributed by atoms with E-state index in [4.69, 9.17) is 18.9 Å². The van der Waals surface area contributed by atoms with Gasteiger partial charge in [-0.25, -0.2) is 0 Å². The van der Waals surface area contributed by atoms with E-state index in [0.717, 1.165) is 11.1 Å². The maximum absolute atomic E-state index is 10.4. The highest BCUT2D eigenvalue weighted by Crippen LogP contribution is 2.32. The molecule has 206 valence electrons. The Kier molecular flexibility index (Phi) is 10.4. The van der Waals surface area contributed by atoms with Crippen LogP contribution in [0.1, 0.15) is 11.1 Å². The maximum Gasteiger partial charge on any atom is 0.186 e. The van der Waals surface area contributed by atoms with Crippen LogP contribution in [0.3, 0.4) is 0 Å². The molecule has 0 unspecified atom stereocenters. The number of methoxy groups -OCH3 is 2. The van der Waals surface area contributed by atoms with Crippen molar-refractivity contribution in [2.45, 2.75) is 43.5 Å². The van der Waals surface area contributed by atoms with Crippen LogP contribution in [0.5, 0.6) is 23.0 Å². The van der Waals surface area contributed by atoms with Crippen molar-refractivity contribution in [3.63, 3.8) is 0 Å². The zero-order valence-corrected chi connectivity index (χ0v) is 20.8. The average molecular weight is 525 g/mol. The second-order valence-corrected chi connectivity index (χ2v) is 9.15. The van der Waals surface area contributed by atoms with Crippen molar-refractivity contribution >= 4 is 0 Å². The van der Waals surface area contributed by atoms with Crippen LogP contribution < -0.4 is 9.47 Å². The quantitative estimate of drug-likeness (QED) is 0.198. The Morgan fingerprint density at radius 1 is 0.784 bits per heavy atom. The van der Waals surface area contributed by atoms with Crippen LogP contribution >= 0.6 is 0 Å². The number of ether oxygens (including phenoxy) is 4. The van der Waals surface area contributed by atoms with E-state index in [1.165, 1.54) is 26.4 Å². The molecule has 2 aromatic rings. The van der Waals surface area contributed by atoms with Crippen molar-refractivity contribution in [3.05, 3.63) is 47.5 Å². The predicted molar refractivity (Wildman–Crippen MR) is 131 cm³/mol. The summed E-state index contributed by atoms with van der Waals surface area (Å²) in [5.74, 6) is -0.160. The van der Waals surface area contributed by atoms with Gasteiger partial charge < -0.3 is 54.7 Å². The predicted octanol–water partition coefficient (Wildman–Crippen LogP) is -0.0586. The van der Waals surface area contributed by atoms with Crippen molar-refractivity contribution in [1.29, 1.82) is 0 Å². The van der Waals surface area contributed by atoms with Gasteiger partial charge in [0.15, 0.2) is 29.3 Å². The van der Waals surface area contributed by atoms with Crippen LogP contribution in [0.2, 0.25) is 0 Å². The van der Waals surface area contributed by atoms with E-state index in [9.17, 15) is 35.7 Å². The third-order valence-electron chi connectivity index (χ3n) is 6.71. The summed E-state index contributed by atoms with van der Waals surface area (Å²) in [5.41, 5.74) is 1.59. The summed E-state index contributed by atoms with van der Waals surface area (Å²) in [6, 6.07) is 9.80. The SMILES string of the molecule is COc1cc(C[C@@H](CO[C@H]2O[C@@H](CO)[C@@H](O)[C@@H](O)[C@@H]2O)[C@@H](CO)Cc2ccc(O)c(OC)c2)ccc1O. The number of benzene rings is 2. The molecule has 0 aromatic heterocycles. The first-order chi connectivity index (χ1) is 17.7. The summed E-state index contributed by atoms with van der Waals surface area (Å²) in [4.78, 5) is 0. The van der Waals surface area contributed by atoms with Crippen LogP contribution in [0.15, 0.2) is 36.4 Å². The first kappa shape index (κ1) is 28.9. The van der Waals surface area contributed by atoms with Gasteiger partial charge in [-0.1, -0.05) is 12.1 Å². The zero-order chi connectivity index (χ0) is 27.1. The zero-order valence-electron chi connectivity index (χ0n) is 20.8. The van der Waals surface area contributed by atoms with E-state index in [-0.39, 0.29) is 42.3 Å². The van der Waals surface area contributed by atoms with Gasteiger partial charge >= 0.3 is 0 Å². The Bertz CT molecular complexity index is 998. The molecule has 11 nitrogen and oxygen atoms in total. The van der Waals surface area contributed by atoms with Crippen LogP contribution in [-0.4, -0.2) is 100 Å². The smallest absolute Gasteiger partial charge is 0.186 e. The summed E-state index contributed by atoms with van der Waals surface area (Å²) in [5, 5.41) is 70.1. The minimum atomic E-state index is -1.58. The summed E-state index contributed by atoms with van der Waals surface area (Å²) in [7, 11) is 2.88. The Morgan fingerprint density at radius 3 is 1.81 bits per heavy atom. The fraction of sp³-hybridized carbons (Fsp3) is 0.538. The molecule has 7 N–H and O–H groups in total. The molecule has 2 aromatic carbocycles. The van der Waals surface area contributed by atoms with Crippen molar-refractivity contribution in [3.8, 4) is 23.0 Å². The lowest BCUT2D eigenvalue weighted by molar-refractivity contribution is -0.304. The van der Waals surface area contributed by atoms with Gasteiger partial charge in [-0.2, -0.15) is 0 Å². The summed E-state index contributed by atoms with van der Waals surface area (Å²) >= 11 is 0. The first-order valence-corrected chi connectivity index (χ1v) is 12.0. The Balaban J connectivity index is 1.83. The van der Waals surface area contributed by atoms with Crippen molar-refractivity contribution < 1.29 is 54.7 Å². The Labute approximate surface area is 215 Å². The number of phenolic OH excluding ortho intramolecular Hbond substituents is 2. The van der Waals surface area contributed by atoms with E-state index in [0.29, 0.717) is 18.6 Å². The molecule has 0 bridgehead atoms. The molecular formula is C26H36O11. The molecular weight excluding hydrogens is 488 g/mol. The number of aliphatic hydroxyl groups is 5. The van der Waals surface area contributed by atoms with Gasteiger partial charge in [0.2, 0.25) is 0 Å². The molecule has 1 fully saturated rings. The van der Waals surface area contributed by atoms with Crippen LogP contribution in [0.25, 0.3) is 0 Å². The summed E-state index contributed by atoms with van der Waals surface area (Å²) in [6.07, 6.45) is -6.29. The highest BCUT2D eigenvalue weighted by Gasteiger charge is 2.44. The lowest BCUT2D eigenvalue weighted by atomic mass is 9.83. The van der Waals surface area contributed by atoms with E-state index >= 15 is 0 Å². The standard InChI is InChI=1S/C26H36O11/c1-34-20-9-14(3-5-18(20)29)7-16(11-27)17(8-15-4-6-19(30)21(10-15)35-2)13-36-26-25(33)24(32)23(31)22(12-28)37-26/h3-6,9-10,16-17,22-33H,7-8,11-13H2,1-2H3/t16-,17+,22+,23-,24-,25+,26+/m1/s1. The minimum absolute atomic E-state index is 0.00881. The molecule has 1 aliphatic rings. The van der Waals surface area contributed by atoms with E-state index in [2.05, 4.69) is 0 Å². The van der Waals surface area contributed by atoms with Crippen molar-refractivity contribution in [2.24, 2.45) is 11.8 Å². The van der Waals surface area contributed by atoms with Crippen LogP contribution in [0.4, 0.5) is 0 Å². The van der Waals surface area contributed by atoms with Gasteiger partial charge in [0, 0.05) is 6.61 Å². The number of rotatable bonds is 12. The molecule has 0 aliphatic carbocycles. The molecule has 7 atom stereocenters. The van der Waals surface area contributed by atoms with E-state index in [1.54, 1.807) is 24.3 Å². The van der Waals surface area contributed by atoms with Gasteiger partial charge in [-0.3, -0.25) is 0 Å². The van der Waals surface area contributed by atoms with Gasteiger partial charge in [0.05, 0.1) is 27.4 Å². The number of aliphatic hydroxyl groups excluding tert-OH is 5. The third kappa shape index (κ3) is 7.02. The lowest BCUT2D eigenvalue weighted by Crippen LogP contribution is -2.59. The monoisotopic (exact) mass is 524 g/mol. The second kappa shape index (κ2) is 13.2. The minimum Gasteiger partial charge on any atom is -0.504 e. The largest absolute Gasteiger partial charge is 0.504 e. The lowest BCUT2D eigenvalue weighted by Gasteiger charge is -2.40. The van der Waals surface area contributed by atoms with Gasteiger partial charge in [0.1, 0.15) is 24.4 Å². The van der Waals surface area contributed by atoms with E-state index < -0.39 is 37.3 Å². The fourth-order valence-electron chi connectivity index (χ4n) is 4.47. The summed E-state index contributed by atoms with van der Waals surface area (Å²) in [6.45, 7) is -0.822. The Hall–Kier alpha value is -2.64. The molecule has 11 heteroatoms. The molecule has 0 amide bonds. The number of aromatic hydroxyl groups is 2. The van der Waals surface area contributed by atoms with Gasteiger partial charge in [0.25, 0.3) is 0 Å². The first-order valence-electron chi connectivity index (χ1n) is 12.0. The van der Waals surface area contributed by atoms with Crippen LogP contribution in [-0.2, 0) is 22.3 Å². The molecule has 1 heterocycles. The normalized spacial score (nSPS) is 25.4. The second-order valence-electron chi connectivity index (χ2n) is 9.15. The molecule has 0 radical (unpaired) electrons. The summed E-state index contributed by atoms with van der Waals surface area (Å²) < 4.78 is 21.7. The van der Waals surface area contributed by atoms with Gasteiger partial charge in [-0.05, 0) is 60.1 Å². The molecule has 0 spiro atoms. The van der Waals surface area contributed by atoms with Crippen molar-refractivity contribution in [1.82, 2.24) is 0 Å². The molecule has 3 rings (SSSR count). The fourth-order valence-corrected chi connectivity index (χ4v) is 4.47. The van der Waals surface area contributed by atoms with Gasteiger partial charge in [-0.15, -0.1) is 0 Å². The molecule has 1 aliphatic heterocycles. The number of hydrogen-bond acceptors (Lipinski definition) is 11. The number of phenols is 2. The molecule has 0 saturated carbocycles. The average Bonchev–Trinajstić information content (AvgIpc) is 2.91. The third-order valence-corrected chi connectivity index (χ3v) is 6.71. The Morgan fingerprint density at radius 2 is 1.32 bits per heavy atom. The van der Waals surface area contributed by atoms with E-state index in [1.807, 2.05) is 0 Å². The van der Waals surface area contributed by atoms with Crippen LogP contribution in [0, 0.1) is 11.8 Å². The number of hydrogen-bond donors (Lipinski definition) is 7. The maximum atomic E-state index is 10.4. The highest BCUT2D eigenvalue weighted by molar-refractivity contribution is 5.43.